The van der Waals surface area contributed by atoms with Crippen LogP contribution in [-0.4, -0.2) is 22.8 Å². The van der Waals surface area contributed by atoms with Crippen LogP contribution in [0.3, 0.4) is 0 Å². The van der Waals surface area contributed by atoms with Crippen molar-refractivity contribution < 1.29 is 14.1 Å². The summed E-state index contributed by atoms with van der Waals surface area (Å²) in [6, 6.07) is 13.0. The molecule has 2 aromatic carbocycles. The molecular formula is C21H21N3O5. The fourth-order valence-electron chi connectivity index (χ4n) is 3.20. The van der Waals surface area contributed by atoms with E-state index in [1.165, 1.54) is 19.1 Å². The van der Waals surface area contributed by atoms with E-state index in [2.05, 4.69) is 5.32 Å². The second-order valence-corrected chi connectivity index (χ2v) is 6.93. The number of nitro benzene ring substituents is 1. The molecule has 0 aliphatic rings. The molecular weight excluding hydrogens is 374 g/mol. The highest BCUT2D eigenvalue weighted by atomic mass is 16.6. The lowest BCUT2D eigenvalue weighted by Gasteiger charge is -2.25. The molecule has 0 radical (unpaired) electrons. The van der Waals surface area contributed by atoms with Crippen LogP contribution in [0, 0.1) is 10.1 Å². The van der Waals surface area contributed by atoms with Crippen molar-refractivity contribution in [1.82, 2.24) is 4.90 Å². The fourth-order valence-corrected chi connectivity index (χ4v) is 3.20. The Bertz CT molecular complexity index is 1140. The Morgan fingerprint density at radius 3 is 2.69 bits per heavy atom. The fraction of sp³-hybridized carbons (Fsp3) is 0.238. The molecule has 0 bridgehead atoms. The maximum Gasteiger partial charge on any atom is 0.336 e. The molecule has 29 heavy (non-hydrogen) atoms. The Kier molecular flexibility index (Phi) is 5.74. The van der Waals surface area contributed by atoms with E-state index in [9.17, 15) is 19.7 Å². The molecule has 0 aliphatic heterocycles. The molecule has 0 aliphatic carbocycles. The predicted octanol–water partition coefficient (Wildman–Crippen LogP) is 3.85. The summed E-state index contributed by atoms with van der Waals surface area (Å²) in [5, 5.41) is 14.5. The number of anilines is 1. The van der Waals surface area contributed by atoms with Crippen LogP contribution in [0.15, 0.2) is 57.7 Å². The summed E-state index contributed by atoms with van der Waals surface area (Å²) in [6.45, 7) is 3.79. The Morgan fingerprint density at radius 2 is 2.00 bits per heavy atom. The number of carbonyl (C=O) groups excluding carboxylic acids is 1. The minimum Gasteiger partial charge on any atom is -0.423 e. The molecule has 1 amide bonds. The van der Waals surface area contributed by atoms with Gasteiger partial charge in [0.2, 0.25) is 5.91 Å². The van der Waals surface area contributed by atoms with Crippen molar-refractivity contribution in [1.29, 1.82) is 0 Å². The first-order valence-electron chi connectivity index (χ1n) is 9.03. The zero-order valence-electron chi connectivity index (χ0n) is 16.3. The molecule has 0 fully saturated rings. The predicted molar refractivity (Wildman–Crippen MR) is 110 cm³/mol. The minimum absolute atomic E-state index is 0.0408. The summed E-state index contributed by atoms with van der Waals surface area (Å²) in [7, 11) is 1.88. The molecule has 1 unspecified atom stereocenters. The Morgan fingerprint density at radius 1 is 1.24 bits per heavy atom. The van der Waals surface area contributed by atoms with E-state index < -0.39 is 10.5 Å². The molecule has 0 saturated heterocycles. The molecule has 0 spiro atoms. The van der Waals surface area contributed by atoms with E-state index in [1.54, 1.807) is 30.3 Å². The first kappa shape index (κ1) is 20.2. The lowest BCUT2D eigenvalue weighted by molar-refractivity contribution is -0.384. The quantitative estimate of drug-likeness (QED) is 0.386. The highest BCUT2D eigenvalue weighted by Crippen LogP contribution is 2.27. The second-order valence-electron chi connectivity index (χ2n) is 6.93. The molecule has 1 heterocycles. The van der Waals surface area contributed by atoms with Crippen LogP contribution in [0.25, 0.3) is 11.0 Å². The Balaban J connectivity index is 1.90. The molecule has 150 valence electrons. The van der Waals surface area contributed by atoms with Gasteiger partial charge in [-0.2, -0.15) is 0 Å². The van der Waals surface area contributed by atoms with Gasteiger partial charge in [0, 0.05) is 54.8 Å². The smallest absolute Gasteiger partial charge is 0.336 e. The van der Waals surface area contributed by atoms with Crippen molar-refractivity contribution in [3.63, 3.8) is 0 Å². The zero-order valence-corrected chi connectivity index (χ0v) is 16.3. The number of hydrogen-bond donors (Lipinski definition) is 1. The molecule has 8 heteroatoms. The largest absolute Gasteiger partial charge is 0.423 e. The molecule has 0 saturated carbocycles. The highest BCUT2D eigenvalue weighted by Gasteiger charge is 2.17. The lowest BCUT2D eigenvalue weighted by Crippen LogP contribution is -2.22. The standard InChI is InChI=1S/C21H21N3O5/c1-13(15-5-4-6-18(9-15)24(27)28)23(3)12-16-10-21(26)29-20-11-17(22-14(2)25)7-8-19(16)20/h4-11,13H,12H2,1-3H3,(H,22,25). The molecule has 1 aromatic heterocycles. The van der Waals surface area contributed by atoms with E-state index >= 15 is 0 Å². The highest BCUT2D eigenvalue weighted by molar-refractivity contribution is 5.92. The van der Waals surface area contributed by atoms with E-state index in [-0.39, 0.29) is 17.6 Å². The van der Waals surface area contributed by atoms with Gasteiger partial charge < -0.3 is 9.73 Å². The maximum atomic E-state index is 12.0. The third-order valence-corrected chi connectivity index (χ3v) is 4.79. The number of rotatable bonds is 6. The summed E-state index contributed by atoms with van der Waals surface area (Å²) < 4.78 is 5.29. The van der Waals surface area contributed by atoms with Crippen molar-refractivity contribution >= 4 is 28.3 Å². The van der Waals surface area contributed by atoms with Gasteiger partial charge >= 0.3 is 5.63 Å². The van der Waals surface area contributed by atoms with Crippen molar-refractivity contribution in [2.75, 3.05) is 12.4 Å². The van der Waals surface area contributed by atoms with E-state index in [0.29, 0.717) is 17.8 Å². The van der Waals surface area contributed by atoms with Gasteiger partial charge in [0.1, 0.15) is 5.58 Å². The summed E-state index contributed by atoms with van der Waals surface area (Å²) in [5.41, 5.74) is 2.06. The van der Waals surface area contributed by atoms with Crippen molar-refractivity contribution in [3.8, 4) is 0 Å². The average Bonchev–Trinajstić information content (AvgIpc) is 2.66. The number of fused-ring (bicyclic) bond motifs is 1. The van der Waals surface area contributed by atoms with Crippen LogP contribution in [0.2, 0.25) is 0 Å². The molecule has 3 rings (SSSR count). The van der Waals surface area contributed by atoms with E-state index in [4.69, 9.17) is 4.42 Å². The van der Waals surface area contributed by atoms with Gasteiger partial charge in [-0.3, -0.25) is 19.8 Å². The van der Waals surface area contributed by atoms with Gasteiger partial charge in [0.25, 0.3) is 5.69 Å². The van der Waals surface area contributed by atoms with Crippen LogP contribution in [-0.2, 0) is 11.3 Å². The summed E-state index contributed by atoms with van der Waals surface area (Å²) in [6.07, 6.45) is 0. The van der Waals surface area contributed by atoms with Crippen molar-refractivity contribution in [2.45, 2.75) is 26.4 Å². The van der Waals surface area contributed by atoms with Gasteiger partial charge in [-0.25, -0.2) is 4.79 Å². The van der Waals surface area contributed by atoms with Crippen molar-refractivity contribution in [2.24, 2.45) is 0 Å². The first-order valence-corrected chi connectivity index (χ1v) is 9.03. The third-order valence-electron chi connectivity index (χ3n) is 4.79. The molecule has 1 atom stereocenters. The maximum absolute atomic E-state index is 12.0. The van der Waals surface area contributed by atoms with Crippen LogP contribution >= 0.6 is 0 Å². The number of amides is 1. The van der Waals surface area contributed by atoms with Crippen LogP contribution in [0.5, 0.6) is 0 Å². The molecule has 1 N–H and O–H groups in total. The van der Waals surface area contributed by atoms with Crippen LogP contribution in [0.4, 0.5) is 11.4 Å². The van der Waals surface area contributed by atoms with Gasteiger partial charge in [0.15, 0.2) is 0 Å². The van der Waals surface area contributed by atoms with Gasteiger partial charge in [-0.1, -0.05) is 12.1 Å². The second kappa shape index (κ2) is 8.24. The van der Waals surface area contributed by atoms with Gasteiger partial charge in [-0.05, 0) is 37.2 Å². The SMILES string of the molecule is CC(=O)Nc1ccc2c(CN(C)C(C)c3cccc([N+](=O)[O-])c3)cc(=O)oc2c1. The summed E-state index contributed by atoms with van der Waals surface area (Å²) in [5.74, 6) is -0.214. The molecule has 3 aromatic rings. The number of nitrogens with zero attached hydrogens (tertiary/aromatic N) is 2. The average molecular weight is 395 g/mol. The zero-order chi connectivity index (χ0) is 21.1. The first-order chi connectivity index (χ1) is 13.7. The van der Waals surface area contributed by atoms with Gasteiger partial charge in [0.05, 0.1) is 4.92 Å². The number of hydrogen-bond acceptors (Lipinski definition) is 6. The van der Waals surface area contributed by atoms with Crippen LogP contribution < -0.4 is 10.9 Å². The number of nitrogens with one attached hydrogen (secondary N) is 1. The van der Waals surface area contributed by atoms with E-state index in [0.717, 1.165) is 16.5 Å². The van der Waals surface area contributed by atoms with E-state index in [1.807, 2.05) is 24.9 Å². The minimum atomic E-state index is -0.483. The number of nitro groups is 1. The number of non-ortho nitro benzene ring substituents is 1. The lowest BCUT2D eigenvalue weighted by atomic mass is 10.0. The number of carbonyl (C=O) groups is 1. The monoisotopic (exact) mass is 395 g/mol. The van der Waals surface area contributed by atoms with Crippen molar-refractivity contribution in [3.05, 3.63) is 80.2 Å². The van der Waals surface area contributed by atoms with Gasteiger partial charge in [-0.15, -0.1) is 0 Å². The van der Waals surface area contributed by atoms with Crippen LogP contribution in [0.1, 0.15) is 31.0 Å². The normalized spacial score (nSPS) is 12.1. The Labute approximate surface area is 166 Å². The summed E-state index contributed by atoms with van der Waals surface area (Å²) >= 11 is 0. The molecule has 8 nitrogen and oxygen atoms in total. The Hall–Kier alpha value is -3.52. The summed E-state index contributed by atoms with van der Waals surface area (Å²) in [4.78, 5) is 35.9. The third kappa shape index (κ3) is 4.67. The topological polar surface area (TPSA) is 106 Å². The number of benzene rings is 2.